The minimum absolute atomic E-state index is 0.442. The third-order valence-electron chi connectivity index (χ3n) is 4.24. The van der Waals surface area contributed by atoms with Crippen molar-refractivity contribution in [2.24, 2.45) is 0 Å². The molecule has 98 valence electrons. The third kappa shape index (κ3) is 1.62. The van der Waals surface area contributed by atoms with E-state index in [1.807, 2.05) is 0 Å². The average Bonchev–Trinajstić information content (AvgIpc) is 2.90. The van der Waals surface area contributed by atoms with Gasteiger partial charge in [0.1, 0.15) is 0 Å². The summed E-state index contributed by atoms with van der Waals surface area (Å²) in [6.07, 6.45) is 0. The fraction of sp³-hybridized carbons (Fsp3) is 0. The first-order valence-electron chi connectivity index (χ1n) is 7.13. The van der Waals surface area contributed by atoms with Crippen molar-refractivity contribution >= 4 is 55.3 Å². The molecule has 0 atom stereocenters. The first-order valence-corrected chi connectivity index (χ1v) is 8.84. The Bertz CT molecular complexity index is 1130. The van der Waals surface area contributed by atoms with Crippen molar-refractivity contribution < 1.29 is 0 Å². The Labute approximate surface area is 128 Å². The van der Waals surface area contributed by atoms with Gasteiger partial charge in [0.15, 0.2) is 0 Å². The quantitative estimate of drug-likeness (QED) is 0.265. The molecular weight excluding hydrogens is 319 g/mol. The second-order valence-electron chi connectivity index (χ2n) is 5.45. The molecule has 0 saturated carbocycles. The molecular formula is C20H12Se. The molecule has 0 amide bonds. The van der Waals surface area contributed by atoms with E-state index in [-0.39, 0.29) is 0 Å². The molecule has 0 fully saturated rings. The van der Waals surface area contributed by atoms with Gasteiger partial charge in [-0.1, -0.05) is 0 Å². The number of hydrogen-bond acceptors (Lipinski definition) is 0. The number of rotatable bonds is 0. The van der Waals surface area contributed by atoms with Crippen molar-refractivity contribution in [3.8, 4) is 0 Å². The van der Waals surface area contributed by atoms with Crippen LogP contribution in [0.5, 0.6) is 0 Å². The molecule has 0 spiro atoms. The predicted molar refractivity (Wildman–Crippen MR) is 93.4 cm³/mol. The molecule has 0 aliphatic rings. The molecule has 0 nitrogen and oxygen atoms in total. The second-order valence-corrected chi connectivity index (χ2v) is 7.73. The van der Waals surface area contributed by atoms with Gasteiger partial charge in [-0.2, -0.15) is 0 Å². The fourth-order valence-electron chi connectivity index (χ4n) is 3.23. The summed E-state index contributed by atoms with van der Waals surface area (Å²) in [6.45, 7) is 0. The summed E-state index contributed by atoms with van der Waals surface area (Å²) >= 11 is 0.442. The Kier molecular flexibility index (Phi) is 2.32. The van der Waals surface area contributed by atoms with Crippen LogP contribution in [0.2, 0.25) is 0 Å². The van der Waals surface area contributed by atoms with E-state index in [4.69, 9.17) is 0 Å². The number of fused-ring (bicyclic) bond motifs is 6. The van der Waals surface area contributed by atoms with Gasteiger partial charge in [-0.15, -0.1) is 0 Å². The summed E-state index contributed by atoms with van der Waals surface area (Å²) in [5.74, 6) is 0. The molecule has 5 rings (SSSR count). The summed E-state index contributed by atoms with van der Waals surface area (Å²) < 4.78 is 3.03. The normalized spacial score (nSPS) is 11.8. The zero-order valence-corrected chi connectivity index (χ0v) is 13.0. The average molecular weight is 331 g/mol. The van der Waals surface area contributed by atoms with Crippen molar-refractivity contribution in [1.82, 2.24) is 0 Å². The van der Waals surface area contributed by atoms with Crippen molar-refractivity contribution in [2.75, 3.05) is 0 Å². The Morgan fingerprint density at radius 3 is 2.19 bits per heavy atom. The molecule has 0 N–H and O–H groups in total. The first kappa shape index (κ1) is 11.6. The Hall–Kier alpha value is -2.08. The van der Waals surface area contributed by atoms with Crippen molar-refractivity contribution in [2.45, 2.75) is 0 Å². The zero-order valence-electron chi connectivity index (χ0n) is 11.3. The van der Waals surface area contributed by atoms with E-state index in [0.717, 1.165) is 0 Å². The van der Waals surface area contributed by atoms with Gasteiger partial charge in [-0.3, -0.25) is 0 Å². The van der Waals surface area contributed by atoms with Gasteiger partial charge < -0.3 is 0 Å². The standard InChI is InChI=1S/C20H12Se/c1-2-6-15-13(5-1)9-10-14-11-18-16-7-3-4-8-19(16)21-20(18)12-17(14)15/h1-12H. The maximum absolute atomic E-state index is 2.42. The van der Waals surface area contributed by atoms with Crippen LogP contribution in [0.4, 0.5) is 0 Å². The second kappa shape index (κ2) is 4.21. The van der Waals surface area contributed by atoms with Crippen molar-refractivity contribution in [1.29, 1.82) is 0 Å². The maximum atomic E-state index is 2.42. The topological polar surface area (TPSA) is 0 Å². The van der Waals surface area contributed by atoms with Gasteiger partial charge in [-0.25, -0.2) is 0 Å². The summed E-state index contributed by atoms with van der Waals surface area (Å²) in [6, 6.07) is 26.8. The van der Waals surface area contributed by atoms with Crippen LogP contribution in [0, 0.1) is 0 Å². The molecule has 0 aliphatic heterocycles. The van der Waals surface area contributed by atoms with E-state index in [9.17, 15) is 0 Å². The summed E-state index contributed by atoms with van der Waals surface area (Å²) in [5, 5.41) is 8.30. The van der Waals surface area contributed by atoms with Gasteiger partial charge in [0, 0.05) is 0 Å². The van der Waals surface area contributed by atoms with E-state index >= 15 is 0 Å². The Balaban J connectivity index is 2.04. The number of hydrogen-bond donors (Lipinski definition) is 0. The van der Waals surface area contributed by atoms with E-state index in [2.05, 4.69) is 72.8 Å². The SMILES string of the molecule is c1ccc2c(c1)ccc1cc3c(cc12)[se]c1ccccc13. The van der Waals surface area contributed by atoms with Crippen LogP contribution in [-0.4, -0.2) is 14.5 Å². The van der Waals surface area contributed by atoms with Gasteiger partial charge in [0.05, 0.1) is 0 Å². The van der Waals surface area contributed by atoms with Gasteiger partial charge in [0.2, 0.25) is 0 Å². The van der Waals surface area contributed by atoms with E-state index in [0.29, 0.717) is 14.5 Å². The Morgan fingerprint density at radius 2 is 1.24 bits per heavy atom. The van der Waals surface area contributed by atoms with E-state index in [1.165, 1.54) is 40.8 Å². The van der Waals surface area contributed by atoms with Crippen LogP contribution in [0.1, 0.15) is 0 Å². The minimum atomic E-state index is 0.442. The van der Waals surface area contributed by atoms with Crippen LogP contribution in [0.15, 0.2) is 72.8 Å². The molecule has 0 aliphatic carbocycles. The monoisotopic (exact) mass is 332 g/mol. The molecule has 0 bridgehead atoms. The van der Waals surface area contributed by atoms with Gasteiger partial charge in [-0.05, 0) is 0 Å². The molecule has 1 heteroatoms. The Morgan fingerprint density at radius 1 is 0.476 bits per heavy atom. The van der Waals surface area contributed by atoms with E-state index in [1.54, 1.807) is 0 Å². The number of benzene rings is 4. The summed E-state index contributed by atoms with van der Waals surface area (Å²) in [7, 11) is 0. The molecule has 1 aromatic heterocycles. The van der Waals surface area contributed by atoms with Gasteiger partial charge >= 0.3 is 128 Å². The molecule has 1 heterocycles. The van der Waals surface area contributed by atoms with Gasteiger partial charge in [0.25, 0.3) is 0 Å². The van der Waals surface area contributed by atoms with Crippen LogP contribution >= 0.6 is 0 Å². The summed E-state index contributed by atoms with van der Waals surface area (Å²) in [5.41, 5.74) is 0. The van der Waals surface area contributed by atoms with Crippen LogP contribution in [-0.2, 0) is 0 Å². The van der Waals surface area contributed by atoms with E-state index < -0.39 is 0 Å². The summed E-state index contributed by atoms with van der Waals surface area (Å²) in [4.78, 5) is 0. The molecule has 0 unspecified atom stereocenters. The zero-order chi connectivity index (χ0) is 13.8. The molecule has 0 saturated heterocycles. The van der Waals surface area contributed by atoms with Crippen LogP contribution in [0.3, 0.4) is 0 Å². The van der Waals surface area contributed by atoms with Crippen LogP contribution in [0.25, 0.3) is 40.8 Å². The van der Waals surface area contributed by atoms with Crippen molar-refractivity contribution in [3.05, 3.63) is 72.8 Å². The fourth-order valence-corrected chi connectivity index (χ4v) is 5.59. The third-order valence-corrected chi connectivity index (χ3v) is 6.62. The van der Waals surface area contributed by atoms with Crippen molar-refractivity contribution in [3.63, 3.8) is 0 Å². The molecule has 5 aromatic rings. The first-order chi connectivity index (χ1) is 10.4. The predicted octanol–water partition coefficient (Wildman–Crippen LogP) is 5.36. The molecule has 4 aromatic carbocycles. The molecule has 21 heavy (non-hydrogen) atoms. The van der Waals surface area contributed by atoms with Crippen LogP contribution < -0.4 is 0 Å². The molecule has 0 radical (unpaired) electrons.